The van der Waals surface area contributed by atoms with E-state index in [1.54, 1.807) is 0 Å². The molecule has 0 bridgehead atoms. The number of aromatic nitrogens is 1. The van der Waals surface area contributed by atoms with Gasteiger partial charge in [0.25, 0.3) is 11.5 Å². The molecule has 33 heavy (non-hydrogen) atoms. The summed E-state index contributed by atoms with van der Waals surface area (Å²) in [7, 11) is 0. The first-order valence-corrected chi connectivity index (χ1v) is 11.8. The largest absolute Gasteiger partial charge is 0.381 e. The van der Waals surface area contributed by atoms with E-state index in [1.807, 2.05) is 31.2 Å². The number of aromatic amines is 1. The van der Waals surface area contributed by atoms with Crippen LogP contribution < -0.4 is 15.8 Å². The van der Waals surface area contributed by atoms with E-state index in [-0.39, 0.29) is 18.0 Å². The number of hydrogen-bond donors (Lipinski definition) is 2. The van der Waals surface area contributed by atoms with Crippen molar-refractivity contribution in [1.29, 1.82) is 0 Å². The van der Waals surface area contributed by atoms with E-state index < -0.39 is 0 Å². The van der Waals surface area contributed by atoms with Crippen molar-refractivity contribution in [3.63, 3.8) is 0 Å². The lowest BCUT2D eigenvalue weighted by molar-refractivity contribution is 0.0845. The first kappa shape index (κ1) is 23.3. The van der Waals surface area contributed by atoms with Gasteiger partial charge in [0.1, 0.15) is 0 Å². The van der Waals surface area contributed by atoms with Crippen LogP contribution in [0.25, 0.3) is 0 Å². The monoisotopic (exact) mass is 451 g/mol. The molecule has 1 fully saturated rings. The van der Waals surface area contributed by atoms with Crippen molar-refractivity contribution in [2.75, 3.05) is 31.3 Å². The fourth-order valence-corrected chi connectivity index (χ4v) is 4.77. The SMILES string of the molecule is CCN(c1cccc2c1C/C=C/COCc1cc(C)[nH]c(=O)c1CNC2=O)C1CCOCC1. The number of hydrogen-bond acceptors (Lipinski definition) is 5. The van der Waals surface area contributed by atoms with Crippen molar-refractivity contribution >= 4 is 11.6 Å². The number of allylic oxidation sites excluding steroid dienone is 1. The summed E-state index contributed by atoms with van der Waals surface area (Å²) in [6, 6.07) is 8.23. The van der Waals surface area contributed by atoms with Crippen LogP contribution in [-0.4, -0.2) is 43.3 Å². The summed E-state index contributed by atoms with van der Waals surface area (Å²) in [5.74, 6) is -0.172. The Hall–Kier alpha value is -2.90. The molecule has 0 spiro atoms. The number of benzene rings is 1. The molecule has 0 atom stereocenters. The van der Waals surface area contributed by atoms with Crippen LogP contribution in [0.4, 0.5) is 5.69 Å². The zero-order chi connectivity index (χ0) is 23.2. The first-order valence-electron chi connectivity index (χ1n) is 11.8. The van der Waals surface area contributed by atoms with E-state index in [0.717, 1.165) is 55.1 Å². The maximum atomic E-state index is 13.3. The van der Waals surface area contributed by atoms with Crippen molar-refractivity contribution < 1.29 is 14.3 Å². The number of carbonyl (C=O) groups excluding carboxylic acids is 1. The summed E-state index contributed by atoms with van der Waals surface area (Å²) in [4.78, 5) is 31.1. The highest BCUT2D eigenvalue weighted by Crippen LogP contribution is 2.30. The summed E-state index contributed by atoms with van der Waals surface area (Å²) >= 11 is 0. The van der Waals surface area contributed by atoms with Gasteiger partial charge in [0.15, 0.2) is 0 Å². The number of H-pyrrole nitrogens is 1. The van der Waals surface area contributed by atoms with Crippen LogP contribution in [0.15, 0.2) is 41.2 Å². The molecule has 7 nitrogen and oxygen atoms in total. The van der Waals surface area contributed by atoms with Gasteiger partial charge >= 0.3 is 0 Å². The Labute approximate surface area is 194 Å². The van der Waals surface area contributed by atoms with Gasteiger partial charge in [-0.25, -0.2) is 0 Å². The molecule has 0 saturated carbocycles. The van der Waals surface area contributed by atoms with Gasteiger partial charge in [-0.15, -0.1) is 0 Å². The summed E-state index contributed by atoms with van der Waals surface area (Å²) in [5, 5.41) is 2.98. The number of nitrogens with one attached hydrogen (secondary N) is 2. The fourth-order valence-electron chi connectivity index (χ4n) is 4.77. The quantitative estimate of drug-likeness (QED) is 0.700. The minimum absolute atomic E-state index is 0.154. The van der Waals surface area contributed by atoms with E-state index >= 15 is 0 Å². The molecule has 7 heteroatoms. The molecule has 2 aliphatic heterocycles. The Balaban J connectivity index is 1.70. The number of carbonyl (C=O) groups is 1. The van der Waals surface area contributed by atoms with Gasteiger partial charge in [-0.2, -0.15) is 0 Å². The van der Waals surface area contributed by atoms with Crippen LogP contribution >= 0.6 is 0 Å². The maximum Gasteiger partial charge on any atom is 0.253 e. The van der Waals surface area contributed by atoms with E-state index in [9.17, 15) is 9.59 Å². The Morgan fingerprint density at radius 3 is 2.70 bits per heavy atom. The smallest absolute Gasteiger partial charge is 0.253 e. The summed E-state index contributed by atoms with van der Waals surface area (Å²) in [6.07, 6.45) is 6.64. The van der Waals surface area contributed by atoms with Crippen LogP contribution in [0.2, 0.25) is 0 Å². The molecule has 2 N–H and O–H groups in total. The molecular formula is C26H33N3O4. The Kier molecular flexibility index (Phi) is 7.62. The minimum Gasteiger partial charge on any atom is -0.381 e. The Morgan fingerprint density at radius 2 is 1.91 bits per heavy atom. The molecule has 2 aliphatic rings. The molecule has 176 valence electrons. The number of ether oxygens (including phenoxy) is 2. The lowest BCUT2D eigenvalue weighted by Gasteiger charge is -2.37. The van der Waals surface area contributed by atoms with E-state index in [2.05, 4.69) is 34.3 Å². The van der Waals surface area contributed by atoms with Crippen LogP contribution in [0, 0.1) is 6.92 Å². The van der Waals surface area contributed by atoms with Crippen LogP contribution in [0.5, 0.6) is 0 Å². The first-order chi connectivity index (χ1) is 16.1. The van der Waals surface area contributed by atoms with Crippen molar-refractivity contribution in [2.45, 2.75) is 52.3 Å². The third-order valence-electron chi connectivity index (χ3n) is 6.43. The number of fused-ring (bicyclic) bond motifs is 2. The number of nitrogens with zero attached hydrogens (tertiary/aromatic N) is 1. The van der Waals surface area contributed by atoms with Gasteiger partial charge in [0, 0.05) is 54.9 Å². The van der Waals surface area contributed by atoms with Crippen LogP contribution in [-0.2, 0) is 29.0 Å². The van der Waals surface area contributed by atoms with Crippen molar-refractivity contribution in [3.05, 3.63) is 74.7 Å². The van der Waals surface area contributed by atoms with Gasteiger partial charge in [0.05, 0.1) is 13.2 Å². The van der Waals surface area contributed by atoms with Crippen LogP contribution in [0.3, 0.4) is 0 Å². The van der Waals surface area contributed by atoms with Crippen LogP contribution in [0.1, 0.15) is 52.5 Å². The van der Waals surface area contributed by atoms with Crippen molar-refractivity contribution in [2.24, 2.45) is 0 Å². The van der Waals surface area contributed by atoms with E-state index in [1.165, 1.54) is 0 Å². The number of pyridine rings is 1. The van der Waals surface area contributed by atoms with Gasteiger partial charge in [-0.05, 0) is 62.4 Å². The Morgan fingerprint density at radius 1 is 1.09 bits per heavy atom. The molecule has 0 unspecified atom stereocenters. The van der Waals surface area contributed by atoms with Gasteiger partial charge < -0.3 is 24.7 Å². The molecule has 1 amide bonds. The molecular weight excluding hydrogens is 418 g/mol. The van der Waals surface area contributed by atoms with E-state index in [0.29, 0.717) is 36.8 Å². The molecule has 3 heterocycles. The predicted molar refractivity (Wildman–Crippen MR) is 129 cm³/mol. The number of rotatable bonds is 3. The molecule has 2 aromatic rings. The number of anilines is 1. The average molecular weight is 452 g/mol. The van der Waals surface area contributed by atoms with Gasteiger partial charge in [-0.1, -0.05) is 18.2 Å². The molecule has 1 aromatic carbocycles. The highest BCUT2D eigenvalue weighted by Gasteiger charge is 2.25. The van der Waals surface area contributed by atoms with Crippen molar-refractivity contribution in [1.82, 2.24) is 10.3 Å². The highest BCUT2D eigenvalue weighted by molar-refractivity contribution is 5.97. The molecule has 0 radical (unpaired) electrons. The standard InChI is InChI=1S/C26H33N3O4/c1-3-29(20-10-13-32-14-11-20)24-9-6-8-22-21(24)7-4-5-12-33-17-19-15-18(2)28-26(31)23(19)16-27-25(22)30/h4-6,8-9,15,20H,3,7,10-14,16-17H2,1-2H3,(H,27,30)(H,28,31)/b5-4+. The van der Waals surface area contributed by atoms with Crippen molar-refractivity contribution in [3.8, 4) is 0 Å². The summed E-state index contributed by atoms with van der Waals surface area (Å²) in [6.45, 7) is 7.32. The Bertz CT molecular complexity index is 1070. The van der Waals surface area contributed by atoms with E-state index in [4.69, 9.17) is 9.47 Å². The molecule has 1 aromatic heterocycles. The lowest BCUT2D eigenvalue weighted by Crippen LogP contribution is -2.40. The normalized spacial score (nSPS) is 18.7. The second-order valence-corrected chi connectivity index (χ2v) is 8.59. The molecule has 4 rings (SSSR count). The fraction of sp³-hybridized carbons (Fsp3) is 0.462. The number of amides is 1. The topological polar surface area (TPSA) is 83.7 Å². The second kappa shape index (κ2) is 10.8. The maximum absolute atomic E-state index is 13.3. The van der Waals surface area contributed by atoms with Gasteiger partial charge in [-0.3, -0.25) is 9.59 Å². The second-order valence-electron chi connectivity index (χ2n) is 8.59. The third kappa shape index (κ3) is 5.37. The minimum atomic E-state index is -0.190. The zero-order valence-corrected chi connectivity index (χ0v) is 19.5. The highest BCUT2D eigenvalue weighted by atomic mass is 16.5. The molecule has 0 aliphatic carbocycles. The predicted octanol–water partition coefficient (Wildman–Crippen LogP) is 3.25. The third-order valence-corrected chi connectivity index (χ3v) is 6.43. The summed E-state index contributed by atoms with van der Waals surface area (Å²) < 4.78 is 11.4. The zero-order valence-electron chi connectivity index (χ0n) is 19.5. The average Bonchev–Trinajstić information content (AvgIpc) is 2.83. The summed E-state index contributed by atoms with van der Waals surface area (Å²) in [5.41, 5.74) is 4.65. The molecule has 1 saturated heterocycles. The lowest BCUT2D eigenvalue weighted by atomic mass is 9.97. The number of aryl methyl sites for hydroxylation is 1. The van der Waals surface area contributed by atoms with Gasteiger partial charge in [0.2, 0.25) is 0 Å².